The number of esters is 1. The van der Waals surface area contributed by atoms with Gasteiger partial charge in [0.2, 0.25) is 5.91 Å². The van der Waals surface area contributed by atoms with Crippen LogP contribution in [0.25, 0.3) is 0 Å². The van der Waals surface area contributed by atoms with Crippen LogP contribution in [0.4, 0.5) is 17.3 Å². The fraction of sp³-hybridized carbons (Fsp3) is 0.333. The fourth-order valence-electron chi connectivity index (χ4n) is 2.94. The second kappa shape index (κ2) is 10.1. The maximum Gasteiger partial charge on any atom is 0.343 e. The van der Waals surface area contributed by atoms with Gasteiger partial charge in [-0.25, -0.2) is 18.2 Å². The van der Waals surface area contributed by atoms with Crippen molar-refractivity contribution in [3.05, 3.63) is 41.5 Å². The molecule has 0 saturated carbocycles. The molecule has 1 aromatic carbocycles. The summed E-state index contributed by atoms with van der Waals surface area (Å²) < 4.78 is 28.5. The predicted molar refractivity (Wildman–Crippen MR) is 119 cm³/mol. The molecule has 0 fully saturated rings. The first kappa shape index (κ1) is 24.6. The molecule has 1 amide bonds. The zero-order valence-corrected chi connectivity index (χ0v) is 19.0. The molecule has 11 heteroatoms. The highest BCUT2D eigenvalue weighted by atomic mass is 32.2. The molecule has 0 saturated heterocycles. The van der Waals surface area contributed by atoms with Crippen molar-refractivity contribution in [2.45, 2.75) is 31.2 Å². The topological polar surface area (TPSA) is 164 Å². The van der Waals surface area contributed by atoms with Gasteiger partial charge in [0.05, 0.1) is 17.6 Å². The molecule has 0 bridgehead atoms. The number of amides is 1. The van der Waals surface area contributed by atoms with Crippen molar-refractivity contribution in [2.24, 2.45) is 11.7 Å². The summed E-state index contributed by atoms with van der Waals surface area (Å²) >= 11 is 0. The van der Waals surface area contributed by atoms with E-state index in [1.807, 2.05) is 19.9 Å². The van der Waals surface area contributed by atoms with Crippen molar-refractivity contribution >= 4 is 39.0 Å². The number of ether oxygens (including phenoxy) is 1. The fourth-order valence-corrected chi connectivity index (χ4v) is 3.61. The number of anilines is 3. The molecule has 1 atom stereocenters. The molecular formula is C21H25N5O5S. The summed E-state index contributed by atoms with van der Waals surface area (Å²) in [6.07, 6.45) is 1.50. The van der Waals surface area contributed by atoms with Crippen molar-refractivity contribution in [1.82, 2.24) is 4.98 Å². The van der Waals surface area contributed by atoms with Crippen LogP contribution < -0.4 is 16.4 Å². The van der Waals surface area contributed by atoms with Crippen LogP contribution in [0.15, 0.2) is 35.2 Å². The third kappa shape index (κ3) is 6.18. The summed E-state index contributed by atoms with van der Waals surface area (Å²) in [4.78, 5) is 28.6. The number of hydrogen-bond donors (Lipinski definition) is 3. The summed E-state index contributed by atoms with van der Waals surface area (Å²) in [5.74, 6) is -1.15. The van der Waals surface area contributed by atoms with Gasteiger partial charge in [-0.3, -0.25) is 4.79 Å². The summed E-state index contributed by atoms with van der Waals surface area (Å²) in [5, 5.41) is 15.4. The average Bonchev–Trinajstić information content (AvgIpc) is 2.71. The van der Waals surface area contributed by atoms with Crippen LogP contribution in [0, 0.1) is 17.2 Å². The number of benzene rings is 1. The Balaban J connectivity index is 2.58. The van der Waals surface area contributed by atoms with Crippen LogP contribution in [-0.2, 0) is 19.4 Å². The van der Waals surface area contributed by atoms with E-state index in [1.54, 1.807) is 6.07 Å². The third-order valence-corrected chi connectivity index (χ3v) is 5.54. The normalized spacial score (nSPS) is 12.0. The van der Waals surface area contributed by atoms with Gasteiger partial charge in [0.15, 0.2) is 9.84 Å². The van der Waals surface area contributed by atoms with Gasteiger partial charge < -0.3 is 21.1 Å². The van der Waals surface area contributed by atoms with Gasteiger partial charge in [-0.2, -0.15) is 5.26 Å². The highest BCUT2D eigenvalue weighted by molar-refractivity contribution is 7.90. The number of sulfone groups is 1. The van der Waals surface area contributed by atoms with E-state index < -0.39 is 27.8 Å². The maximum absolute atomic E-state index is 12.4. The maximum atomic E-state index is 12.4. The van der Waals surface area contributed by atoms with Crippen molar-refractivity contribution < 1.29 is 22.7 Å². The molecule has 1 aromatic heterocycles. The Hall–Kier alpha value is -3.65. The van der Waals surface area contributed by atoms with E-state index in [-0.39, 0.29) is 33.6 Å². The Kier molecular flexibility index (Phi) is 7.77. The Morgan fingerprint density at radius 1 is 1.28 bits per heavy atom. The number of carbonyl (C=O) groups excluding carboxylic acids is 2. The van der Waals surface area contributed by atoms with Crippen molar-refractivity contribution in [3.8, 4) is 6.07 Å². The van der Waals surface area contributed by atoms with Crippen LogP contribution in [0.2, 0.25) is 0 Å². The number of rotatable bonds is 9. The smallest absolute Gasteiger partial charge is 0.343 e. The lowest BCUT2D eigenvalue weighted by Gasteiger charge is -2.20. The summed E-state index contributed by atoms with van der Waals surface area (Å²) in [6.45, 7) is 3.85. The summed E-state index contributed by atoms with van der Waals surface area (Å²) in [5.41, 5.74) is 5.61. The van der Waals surface area contributed by atoms with Crippen LogP contribution in [0.1, 0.15) is 36.2 Å². The molecule has 32 heavy (non-hydrogen) atoms. The zero-order chi connectivity index (χ0) is 24.1. The van der Waals surface area contributed by atoms with Gasteiger partial charge in [-0.05, 0) is 36.6 Å². The Morgan fingerprint density at radius 3 is 2.50 bits per heavy atom. The van der Waals surface area contributed by atoms with Gasteiger partial charge in [0, 0.05) is 11.9 Å². The molecule has 0 radical (unpaired) electrons. The lowest BCUT2D eigenvalue weighted by Crippen LogP contribution is -2.36. The van der Waals surface area contributed by atoms with E-state index in [4.69, 9.17) is 10.5 Å². The van der Waals surface area contributed by atoms with Crippen LogP contribution in [0.3, 0.4) is 0 Å². The summed E-state index contributed by atoms with van der Waals surface area (Å²) in [6, 6.07) is 8.39. The molecule has 1 unspecified atom stereocenters. The Bertz CT molecular complexity index is 1170. The molecule has 0 aliphatic carbocycles. The van der Waals surface area contributed by atoms with Gasteiger partial charge in [-0.1, -0.05) is 19.9 Å². The second-order valence-electron chi connectivity index (χ2n) is 7.54. The van der Waals surface area contributed by atoms with Gasteiger partial charge in [0.1, 0.15) is 29.3 Å². The molecule has 0 aliphatic rings. The molecule has 170 valence electrons. The van der Waals surface area contributed by atoms with E-state index in [1.165, 1.54) is 24.3 Å². The number of methoxy groups -OCH3 is 1. The zero-order valence-electron chi connectivity index (χ0n) is 18.2. The number of nitrogens with zero attached hydrogens (tertiary/aromatic N) is 2. The van der Waals surface area contributed by atoms with Crippen molar-refractivity contribution in [2.75, 3.05) is 24.0 Å². The molecule has 2 rings (SSSR count). The first-order valence-electron chi connectivity index (χ1n) is 9.62. The minimum atomic E-state index is -3.47. The second-order valence-corrected chi connectivity index (χ2v) is 9.55. The van der Waals surface area contributed by atoms with E-state index >= 15 is 0 Å². The number of hydrogen-bond acceptors (Lipinski definition) is 9. The predicted octanol–water partition coefficient (Wildman–Crippen LogP) is 2.20. The number of carbonyl (C=O) groups is 2. The van der Waals surface area contributed by atoms with Crippen molar-refractivity contribution in [1.29, 1.82) is 5.26 Å². The number of aromatic nitrogens is 1. The minimum absolute atomic E-state index is 0.0446. The Labute approximate surface area is 186 Å². The van der Waals surface area contributed by atoms with Crippen LogP contribution >= 0.6 is 0 Å². The highest BCUT2D eigenvalue weighted by Crippen LogP contribution is 2.27. The lowest BCUT2D eigenvalue weighted by atomic mass is 10.0. The van der Waals surface area contributed by atoms with Gasteiger partial charge in [0.25, 0.3) is 0 Å². The SMILES string of the molecule is COC(=O)c1c(C#N)cc(NC(CC(C)C)C(N)=O)nc1Nc1cccc(S(C)(=O)=O)c1. The molecule has 1 heterocycles. The van der Waals surface area contributed by atoms with Crippen molar-refractivity contribution in [3.63, 3.8) is 0 Å². The first-order valence-corrected chi connectivity index (χ1v) is 11.5. The van der Waals surface area contributed by atoms with E-state index in [2.05, 4.69) is 15.6 Å². The molecular weight excluding hydrogens is 434 g/mol. The number of primary amides is 1. The third-order valence-electron chi connectivity index (χ3n) is 4.43. The van der Waals surface area contributed by atoms with Gasteiger partial charge in [-0.15, -0.1) is 0 Å². The molecule has 0 spiro atoms. The van der Waals surface area contributed by atoms with Crippen LogP contribution in [-0.4, -0.2) is 44.7 Å². The quantitative estimate of drug-likeness (QED) is 0.477. The highest BCUT2D eigenvalue weighted by Gasteiger charge is 2.23. The first-order chi connectivity index (χ1) is 15.0. The lowest BCUT2D eigenvalue weighted by molar-refractivity contribution is -0.119. The average molecular weight is 460 g/mol. The molecule has 10 nitrogen and oxygen atoms in total. The van der Waals surface area contributed by atoms with Gasteiger partial charge >= 0.3 is 5.97 Å². The number of pyridine rings is 1. The van der Waals surface area contributed by atoms with E-state index in [9.17, 15) is 23.3 Å². The monoisotopic (exact) mass is 459 g/mol. The Morgan fingerprint density at radius 2 is 1.97 bits per heavy atom. The minimum Gasteiger partial charge on any atom is -0.465 e. The number of nitrogens with two attached hydrogens (primary N) is 1. The molecule has 4 N–H and O–H groups in total. The molecule has 0 aliphatic heterocycles. The standard InChI is InChI=1S/C21H25N5O5S/c1-12(2)8-16(19(23)27)25-17-9-13(11-22)18(21(28)31-3)20(26-17)24-14-6-5-7-15(10-14)32(4,29)30/h5-7,9-10,12,16H,8H2,1-4H3,(H2,23,27)(H2,24,25,26). The largest absolute Gasteiger partial charge is 0.465 e. The summed E-state index contributed by atoms with van der Waals surface area (Å²) in [7, 11) is -2.31. The number of nitrogens with one attached hydrogen (secondary N) is 2. The molecule has 2 aromatic rings. The van der Waals surface area contributed by atoms with E-state index in [0.29, 0.717) is 12.1 Å². The number of nitriles is 1. The van der Waals surface area contributed by atoms with Crippen LogP contribution in [0.5, 0.6) is 0 Å². The van der Waals surface area contributed by atoms with E-state index in [0.717, 1.165) is 13.4 Å².